The second-order valence-corrected chi connectivity index (χ2v) is 5.92. The van der Waals surface area contributed by atoms with Crippen molar-refractivity contribution >= 4 is 17.5 Å². The van der Waals surface area contributed by atoms with Gasteiger partial charge in [0, 0.05) is 12.6 Å². The molecule has 126 valence electrons. The number of carbonyl (C=O) groups excluding carboxylic acids is 1. The maximum Gasteiger partial charge on any atom is 0.271 e. The van der Waals surface area contributed by atoms with E-state index in [4.69, 9.17) is 16.0 Å². The minimum Gasteiger partial charge on any atom is -0.460 e. The minimum absolute atomic E-state index is 0.256. The predicted octanol–water partition coefficient (Wildman–Crippen LogP) is 2.87. The van der Waals surface area contributed by atoms with Crippen molar-refractivity contribution in [3.63, 3.8) is 0 Å². The monoisotopic (exact) mass is 347 g/mol. The molecule has 2 N–H and O–H groups in total. The molecule has 7 nitrogen and oxygen atoms in total. The van der Waals surface area contributed by atoms with Crippen molar-refractivity contribution in [1.29, 1.82) is 0 Å². The Morgan fingerprint density at radius 2 is 2.17 bits per heavy atom. The number of nitrogens with one attached hydrogen (secondary N) is 2. The molecule has 0 unspecified atom stereocenters. The van der Waals surface area contributed by atoms with Crippen LogP contribution < -0.4 is 5.32 Å². The number of amides is 1. The van der Waals surface area contributed by atoms with Crippen molar-refractivity contribution in [2.24, 2.45) is 0 Å². The Morgan fingerprint density at radius 1 is 1.38 bits per heavy atom. The summed E-state index contributed by atoms with van der Waals surface area (Å²) >= 11 is 6.10. The van der Waals surface area contributed by atoms with Gasteiger partial charge in [-0.25, -0.2) is 0 Å². The summed E-state index contributed by atoms with van der Waals surface area (Å²) in [5, 5.41) is 14.6. The minimum atomic E-state index is -0.256. The summed E-state index contributed by atoms with van der Waals surface area (Å²) in [7, 11) is 0. The number of nitrogens with zero attached hydrogens (tertiary/aromatic N) is 3. The van der Waals surface area contributed by atoms with Crippen LogP contribution in [0, 0.1) is 20.8 Å². The third kappa shape index (κ3) is 3.21. The van der Waals surface area contributed by atoms with Crippen LogP contribution >= 0.6 is 11.6 Å². The number of hydrogen-bond acceptors (Lipinski definition) is 4. The van der Waals surface area contributed by atoms with Crippen LogP contribution in [0.1, 0.15) is 27.6 Å². The lowest BCUT2D eigenvalue weighted by molar-refractivity contribution is 0.0947. The lowest BCUT2D eigenvalue weighted by Crippen LogP contribution is -2.28. The Balaban J connectivity index is 1.59. The number of furan rings is 1. The van der Waals surface area contributed by atoms with Gasteiger partial charge in [-0.3, -0.25) is 14.6 Å². The Bertz CT molecular complexity index is 877. The molecule has 1 amide bonds. The molecule has 3 rings (SSSR count). The fraction of sp³-hybridized carbons (Fsp3) is 0.312. The number of H-pyrrole nitrogens is 1. The van der Waals surface area contributed by atoms with E-state index in [1.54, 1.807) is 10.7 Å². The molecule has 0 aromatic carbocycles. The SMILES string of the molecule is Cc1ccc(-c2cc(C(=O)NCCn3nc(C)c(Cl)c3C)n[nH]2)o1. The molecule has 24 heavy (non-hydrogen) atoms. The summed E-state index contributed by atoms with van der Waals surface area (Å²) in [6.45, 7) is 6.58. The van der Waals surface area contributed by atoms with Gasteiger partial charge in [-0.15, -0.1) is 0 Å². The zero-order chi connectivity index (χ0) is 17.3. The molecule has 3 heterocycles. The second-order valence-electron chi connectivity index (χ2n) is 5.54. The highest BCUT2D eigenvalue weighted by Gasteiger charge is 2.14. The molecular formula is C16H18ClN5O2. The molecule has 3 aromatic heterocycles. The zero-order valence-corrected chi connectivity index (χ0v) is 14.4. The summed E-state index contributed by atoms with van der Waals surface area (Å²) in [5.74, 6) is 1.19. The van der Waals surface area contributed by atoms with Crippen LogP contribution in [0.2, 0.25) is 5.02 Å². The molecule has 8 heteroatoms. The van der Waals surface area contributed by atoms with Crippen LogP contribution in [0.5, 0.6) is 0 Å². The van der Waals surface area contributed by atoms with Gasteiger partial charge in [0.25, 0.3) is 5.91 Å². The van der Waals surface area contributed by atoms with Gasteiger partial charge < -0.3 is 9.73 Å². The second kappa shape index (κ2) is 6.52. The van der Waals surface area contributed by atoms with E-state index in [2.05, 4.69) is 20.6 Å². The molecule has 0 aliphatic carbocycles. The number of rotatable bonds is 5. The normalized spacial score (nSPS) is 11.0. The topological polar surface area (TPSA) is 88.7 Å². The van der Waals surface area contributed by atoms with Gasteiger partial charge >= 0.3 is 0 Å². The number of aryl methyl sites for hydroxylation is 2. The van der Waals surface area contributed by atoms with Crippen molar-refractivity contribution in [3.8, 4) is 11.5 Å². The predicted molar refractivity (Wildman–Crippen MR) is 90.1 cm³/mol. The molecule has 3 aromatic rings. The molecule has 0 aliphatic rings. The average molecular weight is 348 g/mol. The molecule has 0 saturated heterocycles. The Morgan fingerprint density at radius 3 is 2.79 bits per heavy atom. The van der Waals surface area contributed by atoms with Gasteiger partial charge in [-0.05, 0) is 32.9 Å². The van der Waals surface area contributed by atoms with Gasteiger partial charge in [-0.2, -0.15) is 10.2 Å². The molecular weight excluding hydrogens is 330 g/mol. The molecule has 0 spiro atoms. The van der Waals surface area contributed by atoms with E-state index in [0.717, 1.165) is 17.1 Å². The van der Waals surface area contributed by atoms with E-state index in [-0.39, 0.29) is 5.91 Å². The van der Waals surface area contributed by atoms with Gasteiger partial charge in [-0.1, -0.05) is 11.6 Å². The summed E-state index contributed by atoms with van der Waals surface area (Å²) in [5.41, 5.74) is 2.65. The molecule has 0 fully saturated rings. The van der Waals surface area contributed by atoms with Crippen LogP contribution in [0.15, 0.2) is 22.6 Å². The summed E-state index contributed by atoms with van der Waals surface area (Å²) < 4.78 is 7.28. The molecule has 0 aliphatic heterocycles. The van der Waals surface area contributed by atoms with Gasteiger partial charge in [0.2, 0.25) is 0 Å². The number of aromatic nitrogens is 4. The summed E-state index contributed by atoms with van der Waals surface area (Å²) in [6.07, 6.45) is 0. The number of carbonyl (C=O) groups is 1. The Kier molecular flexibility index (Phi) is 4.44. The highest BCUT2D eigenvalue weighted by Crippen LogP contribution is 2.20. The maximum atomic E-state index is 12.2. The maximum absolute atomic E-state index is 12.2. The van der Waals surface area contributed by atoms with Crippen LogP contribution in [0.4, 0.5) is 0 Å². The van der Waals surface area contributed by atoms with Crippen LogP contribution in [0.3, 0.4) is 0 Å². The fourth-order valence-corrected chi connectivity index (χ4v) is 2.54. The fourth-order valence-electron chi connectivity index (χ4n) is 2.40. The average Bonchev–Trinajstić information content (AvgIpc) is 3.25. The van der Waals surface area contributed by atoms with Crippen molar-refractivity contribution in [2.75, 3.05) is 6.54 Å². The third-order valence-corrected chi connectivity index (χ3v) is 4.27. The number of hydrogen-bond donors (Lipinski definition) is 2. The highest BCUT2D eigenvalue weighted by atomic mass is 35.5. The van der Waals surface area contributed by atoms with Gasteiger partial charge in [0.1, 0.15) is 11.5 Å². The number of halogens is 1. The van der Waals surface area contributed by atoms with Crippen LogP contribution in [-0.4, -0.2) is 32.4 Å². The summed E-state index contributed by atoms with van der Waals surface area (Å²) in [4.78, 5) is 12.2. The third-order valence-electron chi connectivity index (χ3n) is 3.72. The van der Waals surface area contributed by atoms with E-state index in [1.165, 1.54) is 0 Å². The summed E-state index contributed by atoms with van der Waals surface area (Å²) in [6, 6.07) is 5.35. The first kappa shape index (κ1) is 16.3. The van der Waals surface area contributed by atoms with Crippen molar-refractivity contribution in [3.05, 3.63) is 46.1 Å². The van der Waals surface area contributed by atoms with Gasteiger partial charge in [0.05, 0.1) is 23.0 Å². The van der Waals surface area contributed by atoms with E-state index in [1.807, 2.05) is 32.9 Å². The van der Waals surface area contributed by atoms with E-state index in [0.29, 0.717) is 35.3 Å². The largest absolute Gasteiger partial charge is 0.460 e. The van der Waals surface area contributed by atoms with E-state index >= 15 is 0 Å². The van der Waals surface area contributed by atoms with Crippen molar-refractivity contribution < 1.29 is 9.21 Å². The molecule has 0 radical (unpaired) electrons. The smallest absolute Gasteiger partial charge is 0.271 e. The van der Waals surface area contributed by atoms with E-state index < -0.39 is 0 Å². The van der Waals surface area contributed by atoms with Gasteiger partial charge in [0.15, 0.2) is 11.5 Å². The van der Waals surface area contributed by atoms with Crippen molar-refractivity contribution in [1.82, 2.24) is 25.3 Å². The van der Waals surface area contributed by atoms with Crippen LogP contribution in [0.25, 0.3) is 11.5 Å². The van der Waals surface area contributed by atoms with E-state index in [9.17, 15) is 4.79 Å². The first-order valence-electron chi connectivity index (χ1n) is 7.55. The highest BCUT2D eigenvalue weighted by molar-refractivity contribution is 6.31. The zero-order valence-electron chi connectivity index (χ0n) is 13.7. The Hall–Kier alpha value is -2.54. The Labute approximate surface area is 144 Å². The van der Waals surface area contributed by atoms with Crippen LogP contribution in [-0.2, 0) is 6.54 Å². The van der Waals surface area contributed by atoms with Crippen molar-refractivity contribution in [2.45, 2.75) is 27.3 Å². The quantitative estimate of drug-likeness (QED) is 0.742. The number of aromatic amines is 1. The molecule has 0 atom stereocenters. The standard InChI is InChI=1S/C16H18ClN5O2/c1-9-4-5-14(24-9)12-8-13(20-19-12)16(23)18-6-7-22-11(3)15(17)10(2)21-22/h4-5,8H,6-7H2,1-3H3,(H,18,23)(H,19,20). The lowest BCUT2D eigenvalue weighted by Gasteiger charge is -2.05. The molecule has 0 saturated carbocycles. The first-order valence-corrected chi connectivity index (χ1v) is 7.93. The lowest BCUT2D eigenvalue weighted by atomic mass is 10.3. The molecule has 0 bridgehead atoms. The first-order chi connectivity index (χ1) is 11.5.